The summed E-state index contributed by atoms with van der Waals surface area (Å²) in [6.07, 6.45) is -0.104. The average molecular weight is 244 g/mol. The van der Waals surface area contributed by atoms with Crippen LogP contribution in [0.15, 0.2) is 12.1 Å². The second-order valence-corrected chi connectivity index (χ2v) is 5.28. The van der Waals surface area contributed by atoms with Crippen molar-refractivity contribution >= 4 is 5.91 Å². The normalized spacial score (nSPS) is 10.9. The van der Waals surface area contributed by atoms with Crippen molar-refractivity contribution in [2.75, 3.05) is 0 Å². The Morgan fingerprint density at radius 3 is 2.22 bits per heavy atom. The summed E-state index contributed by atoms with van der Waals surface area (Å²) in [4.78, 5) is 11.6. The van der Waals surface area contributed by atoms with Crippen LogP contribution in [0.4, 0.5) is 0 Å². The molecule has 0 atom stereocenters. The number of benzene rings is 1. The van der Waals surface area contributed by atoms with Gasteiger partial charge in [0.25, 0.3) is 0 Å². The largest absolute Gasteiger partial charge is 0.346 e. The van der Waals surface area contributed by atoms with Crippen LogP contribution in [0, 0.1) is 32.1 Å². The fraction of sp³-hybridized carbons (Fsp3) is 0.467. The quantitative estimate of drug-likeness (QED) is 0.888. The molecule has 3 nitrogen and oxygen atoms in total. The maximum absolute atomic E-state index is 11.6. The maximum atomic E-state index is 11.6. The molecule has 96 valence electrons. The van der Waals surface area contributed by atoms with Gasteiger partial charge in [0.2, 0.25) is 5.91 Å². The van der Waals surface area contributed by atoms with Crippen LogP contribution in [0.2, 0.25) is 0 Å². The molecule has 0 bridgehead atoms. The van der Waals surface area contributed by atoms with Gasteiger partial charge in [-0.15, -0.1) is 0 Å². The third kappa shape index (κ3) is 3.10. The number of amides is 1. The molecule has 0 fully saturated rings. The van der Waals surface area contributed by atoms with Gasteiger partial charge in [-0.3, -0.25) is 4.79 Å². The zero-order valence-electron chi connectivity index (χ0n) is 11.7. The minimum absolute atomic E-state index is 0.104. The maximum Gasteiger partial charge on any atom is 0.234 e. The third-order valence-electron chi connectivity index (χ3n) is 2.99. The minimum Gasteiger partial charge on any atom is -0.346 e. The Labute approximate surface area is 109 Å². The minimum atomic E-state index is -0.463. The fourth-order valence-corrected chi connectivity index (χ4v) is 2.69. The number of aryl methyl sites for hydroxylation is 3. The zero-order chi connectivity index (χ0) is 13.9. The number of carbonyl (C=O) groups excluding carboxylic acids is 1. The van der Waals surface area contributed by atoms with Crippen LogP contribution >= 0.6 is 0 Å². The molecule has 0 radical (unpaired) electrons. The molecule has 0 aliphatic rings. The predicted octanol–water partition coefficient (Wildman–Crippen LogP) is 2.88. The van der Waals surface area contributed by atoms with Gasteiger partial charge in [-0.1, -0.05) is 17.7 Å². The number of nitrogens with one attached hydrogen (secondary N) is 1. The van der Waals surface area contributed by atoms with E-state index in [1.807, 2.05) is 33.8 Å². The lowest BCUT2D eigenvalue weighted by Crippen LogP contribution is -2.41. The lowest BCUT2D eigenvalue weighted by molar-refractivity contribution is -0.121. The van der Waals surface area contributed by atoms with Gasteiger partial charge >= 0.3 is 0 Å². The van der Waals surface area contributed by atoms with E-state index in [-0.39, 0.29) is 12.3 Å². The molecule has 0 unspecified atom stereocenters. The molecule has 1 aromatic carbocycles. The Balaban J connectivity index is 3.13. The molecule has 18 heavy (non-hydrogen) atoms. The Morgan fingerprint density at radius 1 is 1.28 bits per heavy atom. The number of carbonyl (C=O) groups is 1. The first-order chi connectivity index (χ1) is 8.27. The van der Waals surface area contributed by atoms with Gasteiger partial charge in [0.05, 0.1) is 11.6 Å². The molecule has 0 aromatic heterocycles. The van der Waals surface area contributed by atoms with Crippen molar-refractivity contribution in [2.45, 2.75) is 46.6 Å². The van der Waals surface area contributed by atoms with E-state index in [9.17, 15) is 4.79 Å². The van der Waals surface area contributed by atoms with E-state index in [1.165, 1.54) is 5.56 Å². The summed E-state index contributed by atoms with van der Waals surface area (Å²) < 4.78 is 0. The smallest absolute Gasteiger partial charge is 0.234 e. The van der Waals surface area contributed by atoms with Gasteiger partial charge < -0.3 is 5.32 Å². The predicted molar refractivity (Wildman–Crippen MR) is 72.1 cm³/mol. The Kier molecular flexibility index (Phi) is 4.13. The fourth-order valence-electron chi connectivity index (χ4n) is 2.69. The number of nitrogens with zero attached hydrogens (tertiary/aromatic N) is 1. The van der Waals surface area contributed by atoms with E-state index in [0.29, 0.717) is 0 Å². The first-order valence-corrected chi connectivity index (χ1v) is 6.04. The first kappa shape index (κ1) is 14.2. The summed E-state index contributed by atoms with van der Waals surface area (Å²) >= 11 is 0. The molecule has 1 aromatic rings. The summed E-state index contributed by atoms with van der Waals surface area (Å²) in [6, 6.07) is 6.09. The van der Waals surface area contributed by atoms with Gasteiger partial charge in [0.15, 0.2) is 0 Å². The van der Waals surface area contributed by atoms with Crippen LogP contribution in [0.5, 0.6) is 0 Å². The van der Waals surface area contributed by atoms with E-state index in [0.717, 1.165) is 16.7 Å². The first-order valence-electron chi connectivity index (χ1n) is 6.04. The summed E-state index contributed by atoms with van der Waals surface area (Å²) in [5.41, 5.74) is 4.20. The van der Waals surface area contributed by atoms with Crippen LogP contribution in [0.1, 0.15) is 42.5 Å². The lowest BCUT2D eigenvalue weighted by Gasteiger charge is -2.30. The summed E-state index contributed by atoms with van der Waals surface area (Å²) in [5.74, 6) is -0.234. The molecule has 0 aliphatic carbocycles. The molecule has 1 amide bonds. The molecule has 3 heteroatoms. The van der Waals surface area contributed by atoms with Gasteiger partial charge in [0.1, 0.15) is 6.42 Å². The van der Waals surface area contributed by atoms with Crippen LogP contribution in [0.3, 0.4) is 0 Å². The summed E-state index contributed by atoms with van der Waals surface area (Å²) in [5, 5.41) is 11.5. The Morgan fingerprint density at radius 2 is 1.78 bits per heavy atom. The highest BCUT2D eigenvalue weighted by atomic mass is 16.1. The van der Waals surface area contributed by atoms with E-state index >= 15 is 0 Å². The van der Waals surface area contributed by atoms with Gasteiger partial charge in [-0.05, 0) is 51.3 Å². The Hall–Kier alpha value is -1.82. The highest BCUT2D eigenvalue weighted by Gasteiger charge is 2.26. The Bertz CT molecular complexity index is 487. The van der Waals surface area contributed by atoms with Crippen LogP contribution in [-0.4, -0.2) is 5.91 Å². The molecule has 1 N–H and O–H groups in total. The van der Waals surface area contributed by atoms with Gasteiger partial charge in [-0.2, -0.15) is 5.26 Å². The molecule has 0 aliphatic heterocycles. The topological polar surface area (TPSA) is 52.9 Å². The standard InChI is InChI=1S/C15H20N2O/c1-10-8-11(2)14(12(3)9-10)15(4,5)17-13(18)6-7-16/h8-9H,6H2,1-5H3,(H,17,18). The van der Waals surface area contributed by atoms with Gasteiger partial charge in [0, 0.05) is 0 Å². The van der Waals surface area contributed by atoms with Crippen LogP contribution in [0.25, 0.3) is 0 Å². The highest BCUT2D eigenvalue weighted by molar-refractivity contribution is 5.79. The lowest BCUT2D eigenvalue weighted by atomic mass is 9.85. The van der Waals surface area contributed by atoms with E-state index in [2.05, 4.69) is 24.4 Å². The van der Waals surface area contributed by atoms with Crippen molar-refractivity contribution in [2.24, 2.45) is 0 Å². The van der Waals surface area contributed by atoms with Crippen LogP contribution < -0.4 is 5.32 Å². The van der Waals surface area contributed by atoms with Crippen molar-refractivity contribution in [1.82, 2.24) is 5.32 Å². The molecular formula is C15H20N2O. The summed E-state index contributed by atoms with van der Waals surface area (Å²) in [6.45, 7) is 10.1. The van der Waals surface area contributed by atoms with E-state index in [1.54, 1.807) is 0 Å². The molecule has 0 heterocycles. The van der Waals surface area contributed by atoms with Crippen molar-refractivity contribution in [3.8, 4) is 6.07 Å². The second kappa shape index (κ2) is 5.22. The van der Waals surface area contributed by atoms with E-state index in [4.69, 9.17) is 5.26 Å². The number of hydrogen-bond acceptors (Lipinski definition) is 2. The van der Waals surface area contributed by atoms with E-state index < -0.39 is 5.54 Å². The number of nitriles is 1. The molecule has 0 spiro atoms. The second-order valence-electron chi connectivity index (χ2n) is 5.28. The zero-order valence-corrected chi connectivity index (χ0v) is 11.7. The van der Waals surface area contributed by atoms with Crippen molar-refractivity contribution in [3.63, 3.8) is 0 Å². The summed E-state index contributed by atoms with van der Waals surface area (Å²) in [7, 11) is 0. The van der Waals surface area contributed by atoms with Crippen molar-refractivity contribution in [3.05, 3.63) is 34.4 Å². The highest BCUT2D eigenvalue weighted by Crippen LogP contribution is 2.28. The molecule has 0 saturated heterocycles. The third-order valence-corrected chi connectivity index (χ3v) is 2.99. The number of rotatable bonds is 3. The average Bonchev–Trinajstić information content (AvgIpc) is 2.13. The molecule has 1 rings (SSSR count). The van der Waals surface area contributed by atoms with Crippen molar-refractivity contribution in [1.29, 1.82) is 5.26 Å². The SMILES string of the molecule is Cc1cc(C)c(C(C)(C)NC(=O)CC#N)c(C)c1. The van der Waals surface area contributed by atoms with Gasteiger partial charge in [-0.25, -0.2) is 0 Å². The number of hydrogen-bond donors (Lipinski definition) is 1. The monoisotopic (exact) mass is 244 g/mol. The molecule has 0 saturated carbocycles. The molecular weight excluding hydrogens is 224 g/mol. The van der Waals surface area contributed by atoms with Crippen molar-refractivity contribution < 1.29 is 4.79 Å². The van der Waals surface area contributed by atoms with Crippen LogP contribution in [-0.2, 0) is 10.3 Å².